The molecule has 1 atom stereocenters. The highest BCUT2D eigenvalue weighted by Crippen LogP contribution is 2.18. The SMILES string of the molecule is Cc1ccc(C(=O)N[C@H](C)C(=O)O)c(O)c1. The summed E-state index contributed by atoms with van der Waals surface area (Å²) in [5.41, 5.74) is 0.888. The number of carboxylic acid groups (broad SMARTS) is 1. The van der Waals surface area contributed by atoms with Crippen LogP contribution in [-0.4, -0.2) is 28.1 Å². The summed E-state index contributed by atoms with van der Waals surface area (Å²) in [6, 6.07) is 3.57. The lowest BCUT2D eigenvalue weighted by molar-refractivity contribution is -0.138. The second-order valence-electron chi connectivity index (χ2n) is 3.55. The lowest BCUT2D eigenvalue weighted by Crippen LogP contribution is -2.38. The monoisotopic (exact) mass is 223 g/mol. The number of benzene rings is 1. The zero-order valence-electron chi connectivity index (χ0n) is 9.02. The van der Waals surface area contributed by atoms with E-state index in [0.29, 0.717) is 0 Å². The summed E-state index contributed by atoms with van der Waals surface area (Å²) in [5, 5.41) is 20.4. The van der Waals surface area contributed by atoms with Crippen LogP contribution in [0.3, 0.4) is 0 Å². The Bertz CT molecular complexity index is 428. The maximum absolute atomic E-state index is 11.6. The molecule has 0 aliphatic rings. The molecule has 0 spiro atoms. The number of phenols is 1. The van der Waals surface area contributed by atoms with Crippen molar-refractivity contribution < 1.29 is 19.8 Å². The number of nitrogens with one attached hydrogen (secondary N) is 1. The number of carbonyl (C=O) groups excluding carboxylic acids is 1. The maximum Gasteiger partial charge on any atom is 0.325 e. The van der Waals surface area contributed by atoms with Crippen LogP contribution in [0.15, 0.2) is 18.2 Å². The Balaban J connectivity index is 2.85. The maximum atomic E-state index is 11.6. The number of aryl methyl sites for hydroxylation is 1. The topological polar surface area (TPSA) is 86.6 Å². The highest BCUT2D eigenvalue weighted by molar-refractivity contribution is 5.98. The van der Waals surface area contributed by atoms with Crippen molar-refractivity contribution in [2.75, 3.05) is 0 Å². The molecule has 3 N–H and O–H groups in total. The third-order valence-corrected chi connectivity index (χ3v) is 2.12. The molecule has 0 aliphatic heterocycles. The van der Waals surface area contributed by atoms with Crippen LogP contribution in [0.5, 0.6) is 5.75 Å². The molecule has 5 nitrogen and oxygen atoms in total. The van der Waals surface area contributed by atoms with Crippen LogP contribution in [0.4, 0.5) is 0 Å². The summed E-state index contributed by atoms with van der Waals surface area (Å²) in [7, 11) is 0. The van der Waals surface area contributed by atoms with E-state index in [1.54, 1.807) is 13.0 Å². The van der Waals surface area contributed by atoms with Gasteiger partial charge in [0, 0.05) is 0 Å². The first-order chi connectivity index (χ1) is 7.41. The molecule has 1 aromatic carbocycles. The minimum absolute atomic E-state index is 0.0682. The van der Waals surface area contributed by atoms with Crippen LogP contribution in [0.25, 0.3) is 0 Å². The molecule has 0 radical (unpaired) electrons. The Labute approximate surface area is 92.7 Å². The second-order valence-corrected chi connectivity index (χ2v) is 3.55. The van der Waals surface area contributed by atoms with Crippen molar-refractivity contribution in [3.05, 3.63) is 29.3 Å². The summed E-state index contributed by atoms with van der Waals surface area (Å²) in [6.45, 7) is 3.13. The molecule has 5 heteroatoms. The highest BCUT2D eigenvalue weighted by atomic mass is 16.4. The molecule has 1 rings (SSSR count). The van der Waals surface area contributed by atoms with Crippen LogP contribution in [-0.2, 0) is 4.79 Å². The molecule has 0 aromatic heterocycles. The molecule has 0 bridgehead atoms. The van der Waals surface area contributed by atoms with Crippen molar-refractivity contribution in [3.8, 4) is 5.75 Å². The van der Waals surface area contributed by atoms with E-state index in [0.717, 1.165) is 5.56 Å². The summed E-state index contributed by atoms with van der Waals surface area (Å²) in [5.74, 6) is -1.89. The average molecular weight is 223 g/mol. The van der Waals surface area contributed by atoms with Crippen LogP contribution in [0.2, 0.25) is 0 Å². The van der Waals surface area contributed by atoms with Gasteiger partial charge in [-0.2, -0.15) is 0 Å². The molecule has 0 aliphatic carbocycles. The van der Waals surface area contributed by atoms with E-state index in [2.05, 4.69) is 5.32 Å². The number of aromatic hydroxyl groups is 1. The van der Waals surface area contributed by atoms with Gasteiger partial charge >= 0.3 is 5.97 Å². The number of hydrogen-bond donors (Lipinski definition) is 3. The normalized spacial score (nSPS) is 11.9. The molecule has 0 unspecified atom stereocenters. The van der Waals surface area contributed by atoms with Crippen molar-refractivity contribution in [1.29, 1.82) is 0 Å². The molecule has 1 aromatic rings. The fourth-order valence-corrected chi connectivity index (χ4v) is 1.17. The number of phenolic OH excluding ortho intramolecular Hbond substituents is 1. The predicted molar refractivity (Wildman–Crippen MR) is 57.4 cm³/mol. The third-order valence-electron chi connectivity index (χ3n) is 2.12. The number of carbonyl (C=O) groups is 2. The lowest BCUT2D eigenvalue weighted by atomic mass is 10.1. The lowest BCUT2D eigenvalue weighted by Gasteiger charge is -2.10. The molecule has 86 valence electrons. The van der Waals surface area contributed by atoms with E-state index in [1.807, 2.05) is 0 Å². The molecule has 0 saturated heterocycles. The van der Waals surface area contributed by atoms with Crippen molar-refractivity contribution in [1.82, 2.24) is 5.32 Å². The first kappa shape index (κ1) is 12.0. The Morgan fingerprint density at radius 2 is 2.00 bits per heavy atom. The molecule has 16 heavy (non-hydrogen) atoms. The summed E-state index contributed by atoms with van der Waals surface area (Å²) < 4.78 is 0. The van der Waals surface area contributed by atoms with Gasteiger partial charge in [0.1, 0.15) is 11.8 Å². The minimum atomic E-state index is -1.13. The van der Waals surface area contributed by atoms with Crippen LogP contribution in [0.1, 0.15) is 22.8 Å². The van der Waals surface area contributed by atoms with Gasteiger partial charge < -0.3 is 15.5 Å². The summed E-state index contributed by atoms with van der Waals surface area (Å²) in [6.07, 6.45) is 0. The van der Waals surface area contributed by atoms with Gasteiger partial charge in [0.05, 0.1) is 5.56 Å². The van der Waals surface area contributed by atoms with Crippen molar-refractivity contribution >= 4 is 11.9 Å². The van der Waals surface area contributed by atoms with Gasteiger partial charge in [-0.15, -0.1) is 0 Å². The number of amides is 1. The molecular weight excluding hydrogens is 210 g/mol. The van der Waals surface area contributed by atoms with Gasteiger partial charge in [0.25, 0.3) is 5.91 Å². The Morgan fingerprint density at radius 1 is 1.38 bits per heavy atom. The Kier molecular flexibility index (Phi) is 3.50. The molecular formula is C11H13NO4. The summed E-state index contributed by atoms with van der Waals surface area (Å²) >= 11 is 0. The van der Waals surface area contributed by atoms with Gasteiger partial charge in [-0.25, -0.2) is 0 Å². The van der Waals surface area contributed by atoms with Crippen LogP contribution in [0, 0.1) is 6.92 Å². The smallest absolute Gasteiger partial charge is 0.325 e. The van der Waals surface area contributed by atoms with E-state index in [1.165, 1.54) is 19.1 Å². The van der Waals surface area contributed by atoms with Gasteiger partial charge in [-0.3, -0.25) is 9.59 Å². The first-order valence-corrected chi connectivity index (χ1v) is 4.75. The minimum Gasteiger partial charge on any atom is -0.507 e. The number of hydrogen-bond acceptors (Lipinski definition) is 3. The number of rotatable bonds is 3. The first-order valence-electron chi connectivity index (χ1n) is 4.75. The Hall–Kier alpha value is -2.04. The largest absolute Gasteiger partial charge is 0.507 e. The van der Waals surface area contributed by atoms with Gasteiger partial charge in [0.2, 0.25) is 0 Å². The Morgan fingerprint density at radius 3 is 2.50 bits per heavy atom. The van der Waals surface area contributed by atoms with E-state index in [-0.39, 0.29) is 11.3 Å². The van der Waals surface area contributed by atoms with Gasteiger partial charge in [0.15, 0.2) is 0 Å². The van der Waals surface area contributed by atoms with E-state index in [9.17, 15) is 14.7 Å². The highest BCUT2D eigenvalue weighted by Gasteiger charge is 2.17. The number of aliphatic carboxylic acids is 1. The van der Waals surface area contributed by atoms with Crippen molar-refractivity contribution in [3.63, 3.8) is 0 Å². The fraction of sp³-hybridized carbons (Fsp3) is 0.273. The van der Waals surface area contributed by atoms with Crippen LogP contribution < -0.4 is 5.32 Å². The van der Waals surface area contributed by atoms with Crippen molar-refractivity contribution in [2.24, 2.45) is 0 Å². The predicted octanol–water partition coefficient (Wildman–Crippen LogP) is 0.904. The molecule has 1 amide bonds. The van der Waals surface area contributed by atoms with Crippen LogP contribution >= 0.6 is 0 Å². The number of carboxylic acids is 1. The summed E-state index contributed by atoms with van der Waals surface area (Å²) in [4.78, 5) is 22.1. The van der Waals surface area contributed by atoms with E-state index >= 15 is 0 Å². The third kappa shape index (κ3) is 2.73. The molecule has 0 fully saturated rings. The van der Waals surface area contributed by atoms with E-state index in [4.69, 9.17) is 5.11 Å². The van der Waals surface area contributed by atoms with E-state index < -0.39 is 17.9 Å². The zero-order valence-corrected chi connectivity index (χ0v) is 9.02. The van der Waals surface area contributed by atoms with Gasteiger partial charge in [-0.1, -0.05) is 6.07 Å². The standard InChI is InChI=1S/C11H13NO4/c1-6-3-4-8(9(13)5-6)10(14)12-7(2)11(15)16/h3-5,7,13H,1-2H3,(H,12,14)(H,15,16)/t7-/m1/s1. The fourth-order valence-electron chi connectivity index (χ4n) is 1.17. The zero-order chi connectivity index (χ0) is 12.3. The van der Waals surface area contributed by atoms with Crippen molar-refractivity contribution in [2.45, 2.75) is 19.9 Å². The molecule has 0 heterocycles. The quantitative estimate of drug-likeness (QED) is 0.710. The van der Waals surface area contributed by atoms with Gasteiger partial charge in [-0.05, 0) is 31.5 Å². The second kappa shape index (κ2) is 4.65. The average Bonchev–Trinajstić information content (AvgIpc) is 2.16. The molecule has 0 saturated carbocycles.